The van der Waals surface area contributed by atoms with Gasteiger partial charge in [-0.1, -0.05) is 24.4 Å². The maximum Gasteiger partial charge on any atom is 0.356 e. The second kappa shape index (κ2) is 8.02. The smallest absolute Gasteiger partial charge is 0.356 e. The molecular formula is C24H25ClN4O4. The van der Waals surface area contributed by atoms with Crippen LogP contribution in [0.1, 0.15) is 66.9 Å². The molecule has 1 fully saturated rings. The highest BCUT2D eigenvalue weighted by Gasteiger charge is 2.43. The van der Waals surface area contributed by atoms with Crippen molar-refractivity contribution in [3.63, 3.8) is 0 Å². The van der Waals surface area contributed by atoms with Gasteiger partial charge in [-0.15, -0.1) is 0 Å². The summed E-state index contributed by atoms with van der Waals surface area (Å²) in [6.07, 6.45) is 5.38. The number of benzene rings is 1. The minimum absolute atomic E-state index is 0.0161. The molecule has 2 aliphatic rings. The number of halogens is 1. The molecule has 2 aromatic heterocycles. The lowest BCUT2D eigenvalue weighted by molar-refractivity contribution is 0.0691. The van der Waals surface area contributed by atoms with E-state index >= 15 is 0 Å². The summed E-state index contributed by atoms with van der Waals surface area (Å²) in [5.41, 5.74) is 1.49. The molecule has 33 heavy (non-hydrogen) atoms. The van der Waals surface area contributed by atoms with Gasteiger partial charge in [0.15, 0.2) is 5.69 Å². The average molecular weight is 469 g/mol. The predicted molar refractivity (Wildman–Crippen MR) is 126 cm³/mol. The maximum atomic E-state index is 13.5. The number of carboxylic acid groups (broad SMARTS) is 1. The van der Waals surface area contributed by atoms with Gasteiger partial charge in [0.25, 0.3) is 5.56 Å². The SMILES string of the molecule is COc1cc([C@@H](C)Nc2ccc(Cl)nc2C(=O)O)c2nc3n(c(=O)c2c1)CCC31CCCC1. The van der Waals surface area contributed by atoms with E-state index in [1.807, 2.05) is 17.6 Å². The van der Waals surface area contributed by atoms with Crippen LogP contribution in [-0.2, 0) is 12.0 Å². The number of methoxy groups -OCH3 is 1. The quantitative estimate of drug-likeness (QED) is 0.529. The van der Waals surface area contributed by atoms with Crippen molar-refractivity contribution in [2.45, 2.75) is 57.0 Å². The highest BCUT2D eigenvalue weighted by Crippen LogP contribution is 2.47. The number of anilines is 1. The summed E-state index contributed by atoms with van der Waals surface area (Å²) in [5, 5.41) is 13.4. The fourth-order valence-electron chi connectivity index (χ4n) is 5.37. The number of hydrogen-bond donors (Lipinski definition) is 2. The number of nitrogens with one attached hydrogen (secondary N) is 1. The van der Waals surface area contributed by atoms with E-state index in [9.17, 15) is 14.7 Å². The normalized spacial score (nSPS) is 17.3. The number of fused-ring (bicyclic) bond motifs is 3. The third-order valence-electron chi connectivity index (χ3n) is 7.05. The van der Waals surface area contributed by atoms with Crippen LogP contribution in [0, 0.1) is 0 Å². The van der Waals surface area contributed by atoms with E-state index < -0.39 is 5.97 Å². The largest absolute Gasteiger partial charge is 0.497 e. The number of carboxylic acids is 1. The van der Waals surface area contributed by atoms with Crippen LogP contribution in [0.5, 0.6) is 5.75 Å². The third-order valence-corrected chi connectivity index (χ3v) is 7.26. The van der Waals surface area contributed by atoms with Crippen LogP contribution in [0.15, 0.2) is 29.1 Å². The summed E-state index contributed by atoms with van der Waals surface area (Å²) in [6.45, 7) is 2.59. The Morgan fingerprint density at radius 1 is 1.24 bits per heavy atom. The van der Waals surface area contributed by atoms with Crippen molar-refractivity contribution in [1.82, 2.24) is 14.5 Å². The van der Waals surface area contributed by atoms with Crippen molar-refractivity contribution in [1.29, 1.82) is 0 Å². The van der Waals surface area contributed by atoms with Crippen LogP contribution in [-0.4, -0.2) is 32.7 Å². The van der Waals surface area contributed by atoms with Crippen molar-refractivity contribution in [3.05, 3.63) is 56.9 Å². The summed E-state index contributed by atoms with van der Waals surface area (Å²) in [4.78, 5) is 34.2. The van der Waals surface area contributed by atoms with Gasteiger partial charge in [0.2, 0.25) is 0 Å². The summed E-state index contributed by atoms with van der Waals surface area (Å²) >= 11 is 5.90. The van der Waals surface area contributed by atoms with Gasteiger partial charge < -0.3 is 15.2 Å². The van der Waals surface area contributed by atoms with E-state index in [1.54, 1.807) is 19.2 Å². The predicted octanol–water partition coefficient (Wildman–Crippen LogP) is 4.54. The molecular weight excluding hydrogens is 444 g/mol. The van der Waals surface area contributed by atoms with Gasteiger partial charge in [-0.05, 0) is 50.5 Å². The molecule has 1 aromatic carbocycles. The van der Waals surface area contributed by atoms with Gasteiger partial charge in [0.1, 0.15) is 16.7 Å². The van der Waals surface area contributed by atoms with Crippen molar-refractivity contribution in [2.75, 3.05) is 12.4 Å². The van der Waals surface area contributed by atoms with Gasteiger partial charge in [-0.25, -0.2) is 14.8 Å². The van der Waals surface area contributed by atoms with Gasteiger partial charge in [-0.2, -0.15) is 0 Å². The fraction of sp³-hybridized carbons (Fsp3) is 0.417. The molecule has 8 nitrogen and oxygen atoms in total. The zero-order valence-corrected chi connectivity index (χ0v) is 19.3. The molecule has 2 N–H and O–H groups in total. The Balaban J connectivity index is 1.66. The van der Waals surface area contributed by atoms with Gasteiger partial charge in [0, 0.05) is 17.5 Å². The Hall–Kier alpha value is -3.13. The Bertz CT molecular complexity index is 1330. The molecule has 1 aliphatic heterocycles. The number of carbonyl (C=O) groups is 1. The lowest BCUT2D eigenvalue weighted by Crippen LogP contribution is -2.27. The minimum atomic E-state index is -1.18. The second-order valence-electron chi connectivity index (χ2n) is 8.94. The molecule has 9 heteroatoms. The monoisotopic (exact) mass is 468 g/mol. The van der Waals surface area contributed by atoms with E-state index in [0.717, 1.165) is 43.5 Å². The molecule has 5 rings (SSSR count). The first kappa shape index (κ1) is 21.7. The summed E-state index contributed by atoms with van der Waals surface area (Å²) in [5.74, 6) is 0.252. The molecule has 0 radical (unpaired) electrons. The zero-order chi connectivity index (χ0) is 23.3. The second-order valence-corrected chi connectivity index (χ2v) is 9.33. The van der Waals surface area contributed by atoms with Crippen LogP contribution in [0.25, 0.3) is 10.9 Å². The minimum Gasteiger partial charge on any atom is -0.497 e. The maximum absolute atomic E-state index is 13.5. The molecule has 3 aromatic rings. The van der Waals surface area contributed by atoms with E-state index in [0.29, 0.717) is 28.9 Å². The molecule has 0 amide bonds. The van der Waals surface area contributed by atoms with E-state index in [4.69, 9.17) is 21.3 Å². The van der Waals surface area contributed by atoms with Crippen LogP contribution in [0.3, 0.4) is 0 Å². The van der Waals surface area contributed by atoms with Crippen molar-refractivity contribution < 1.29 is 14.6 Å². The first-order valence-electron chi connectivity index (χ1n) is 11.1. The summed E-state index contributed by atoms with van der Waals surface area (Å²) < 4.78 is 7.32. The number of pyridine rings is 1. The molecule has 1 spiro atoms. The van der Waals surface area contributed by atoms with Crippen molar-refractivity contribution >= 4 is 34.2 Å². The highest BCUT2D eigenvalue weighted by molar-refractivity contribution is 6.29. The van der Waals surface area contributed by atoms with Crippen molar-refractivity contribution in [2.24, 2.45) is 0 Å². The number of ether oxygens (including phenoxy) is 1. The van der Waals surface area contributed by atoms with E-state index in [1.165, 1.54) is 6.07 Å². The van der Waals surface area contributed by atoms with E-state index in [-0.39, 0.29) is 27.9 Å². The van der Waals surface area contributed by atoms with Gasteiger partial charge in [-0.3, -0.25) is 9.36 Å². The molecule has 0 bridgehead atoms. The summed E-state index contributed by atoms with van der Waals surface area (Å²) in [6, 6.07) is 6.34. The van der Waals surface area contributed by atoms with Crippen LogP contribution < -0.4 is 15.6 Å². The van der Waals surface area contributed by atoms with E-state index in [2.05, 4.69) is 10.3 Å². The number of nitrogens with zero attached hydrogens (tertiary/aromatic N) is 3. The standard InChI is InChI=1S/C24H25ClN4O4/c1-13(26-17-5-6-18(25)27-20(17)22(31)32)15-11-14(33-2)12-16-19(15)28-23-24(7-3-4-8-24)9-10-29(23)21(16)30/h5-6,11-13,26H,3-4,7-10H2,1-2H3,(H,31,32)/t13-/m1/s1. The van der Waals surface area contributed by atoms with Gasteiger partial charge >= 0.3 is 5.97 Å². The Morgan fingerprint density at radius 2 is 2.00 bits per heavy atom. The number of aromatic nitrogens is 3. The van der Waals surface area contributed by atoms with Crippen LogP contribution in [0.4, 0.5) is 5.69 Å². The molecule has 1 saturated carbocycles. The first-order chi connectivity index (χ1) is 15.8. The summed E-state index contributed by atoms with van der Waals surface area (Å²) in [7, 11) is 1.56. The highest BCUT2D eigenvalue weighted by atomic mass is 35.5. The topological polar surface area (TPSA) is 106 Å². The van der Waals surface area contributed by atoms with Gasteiger partial charge in [0.05, 0.1) is 29.7 Å². The Labute approximate surface area is 195 Å². The molecule has 0 unspecified atom stereocenters. The lowest BCUT2D eigenvalue weighted by atomic mass is 9.84. The molecule has 3 heterocycles. The van der Waals surface area contributed by atoms with Crippen molar-refractivity contribution in [3.8, 4) is 5.75 Å². The Morgan fingerprint density at radius 3 is 2.70 bits per heavy atom. The number of rotatable bonds is 5. The molecule has 1 aliphatic carbocycles. The lowest BCUT2D eigenvalue weighted by Gasteiger charge is -2.23. The average Bonchev–Trinajstić information content (AvgIpc) is 3.42. The fourth-order valence-corrected chi connectivity index (χ4v) is 5.52. The zero-order valence-electron chi connectivity index (χ0n) is 18.5. The molecule has 172 valence electrons. The molecule has 0 saturated heterocycles. The van der Waals surface area contributed by atoms with Crippen LogP contribution >= 0.6 is 11.6 Å². The Kier molecular flexibility index (Phi) is 5.28. The first-order valence-corrected chi connectivity index (χ1v) is 11.5. The number of aromatic carboxylic acids is 1. The third kappa shape index (κ3) is 3.53. The molecule has 1 atom stereocenters. The van der Waals surface area contributed by atoms with Crippen LogP contribution in [0.2, 0.25) is 5.15 Å². The number of hydrogen-bond acceptors (Lipinski definition) is 6.